The van der Waals surface area contributed by atoms with Gasteiger partial charge < -0.3 is 18.2 Å². The second-order valence-corrected chi connectivity index (χ2v) is 9.22. The zero-order chi connectivity index (χ0) is 16.2. The minimum atomic E-state index is -2.99. The van der Waals surface area contributed by atoms with Crippen LogP contribution in [0.25, 0.3) is 0 Å². The van der Waals surface area contributed by atoms with Crippen LogP contribution < -0.4 is 0 Å². The van der Waals surface area contributed by atoms with Crippen LogP contribution in [0.3, 0.4) is 0 Å². The summed E-state index contributed by atoms with van der Waals surface area (Å²) in [6, 6.07) is 0. The molecule has 0 spiro atoms. The van der Waals surface area contributed by atoms with Crippen molar-refractivity contribution in [2.45, 2.75) is 85.3 Å². The maximum atomic E-state index is 12.1. The molecule has 1 amide bonds. The Hall–Kier alpha value is -0.433. The van der Waals surface area contributed by atoms with Gasteiger partial charge in [0.05, 0.1) is 5.67 Å². The Bertz CT molecular complexity index is 320. The van der Waals surface area contributed by atoms with Crippen LogP contribution in [0.15, 0.2) is 0 Å². The molecule has 1 unspecified atom stereocenters. The van der Waals surface area contributed by atoms with Gasteiger partial charge in [-0.25, -0.2) is 0 Å². The molecule has 1 saturated heterocycles. The van der Waals surface area contributed by atoms with E-state index in [-0.39, 0.29) is 29.9 Å². The highest BCUT2D eigenvalue weighted by Crippen LogP contribution is 2.27. The first-order valence-corrected chi connectivity index (χ1v) is 9.81. The molecule has 6 heteroatoms. The molecule has 1 rings (SSSR count). The molecule has 21 heavy (non-hydrogen) atoms. The molecule has 1 fully saturated rings. The van der Waals surface area contributed by atoms with Crippen LogP contribution in [0, 0.1) is 0 Å². The van der Waals surface area contributed by atoms with Crippen LogP contribution in [0.2, 0.25) is 0 Å². The van der Waals surface area contributed by atoms with Crippen molar-refractivity contribution < 1.29 is 18.1 Å². The number of hydrogen-bond donors (Lipinski definition) is 0. The third kappa shape index (κ3) is 5.05. The van der Waals surface area contributed by atoms with E-state index in [0.29, 0.717) is 6.42 Å². The van der Waals surface area contributed by atoms with Crippen LogP contribution >= 0.6 is 0 Å². The molecule has 1 atom stereocenters. The molecule has 1 aliphatic rings. The molecule has 0 aliphatic carbocycles. The number of nitrogens with zero attached hydrogens (tertiary/aromatic N) is 1. The van der Waals surface area contributed by atoms with Crippen molar-refractivity contribution in [2.75, 3.05) is 6.54 Å². The molecule has 0 aromatic heterocycles. The quantitative estimate of drug-likeness (QED) is 0.646. The highest BCUT2D eigenvalue weighted by molar-refractivity contribution is 6.62. The Labute approximate surface area is 130 Å². The number of hydrogen-bond acceptors (Lipinski definition) is 4. The third-order valence-electron chi connectivity index (χ3n) is 3.29. The molecular weight excluding hydrogens is 286 g/mol. The van der Waals surface area contributed by atoms with Crippen LogP contribution in [-0.2, 0) is 18.1 Å². The van der Waals surface area contributed by atoms with Crippen LogP contribution in [0.1, 0.15) is 61.3 Å². The van der Waals surface area contributed by atoms with Crippen molar-refractivity contribution in [1.82, 2.24) is 4.90 Å². The standard InChI is InChI=1S/C15H31NO4Si/c1-11(2)18-21(19-12(3)4,20-13(5)6)14(7)16-10-8-9-15(16)17/h11-14H,8-10H2,1-7H3. The van der Waals surface area contributed by atoms with E-state index >= 15 is 0 Å². The van der Waals surface area contributed by atoms with E-state index in [0.717, 1.165) is 13.0 Å². The Balaban J connectivity index is 3.08. The second-order valence-electron chi connectivity index (χ2n) is 6.47. The van der Waals surface area contributed by atoms with E-state index in [2.05, 4.69) is 0 Å². The predicted molar refractivity (Wildman–Crippen MR) is 84.8 cm³/mol. The Morgan fingerprint density at radius 1 is 0.905 bits per heavy atom. The maximum Gasteiger partial charge on any atom is 0.525 e. The molecule has 0 N–H and O–H groups in total. The smallest absolute Gasteiger partial charge is 0.370 e. The Morgan fingerprint density at radius 3 is 1.62 bits per heavy atom. The lowest BCUT2D eigenvalue weighted by Crippen LogP contribution is -2.64. The zero-order valence-corrected chi connectivity index (χ0v) is 15.5. The first-order chi connectivity index (χ1) is 9.68. The van der Waals surface area contributed by atoms with Crippen LogP contribution in [-0.4, -0.2) is 50.1 Å². The second kappa shape index (κ2) is 7.72. The summed E-state index contributed by atoms with van der Waals surface area (Å²) in [6.45, 7) is 14.6. The van der Waals surface area contributed by atoms with Crippen molar-refractivity contribution in [2.24, 2.45) is 0 Å². The van der Waals surface area contributed by atoms with Gasteiger partial charge >= 0.3 is 8.80 Å². The third-order valence-corrected chi connectivity index (χ3v) is 7.02. The molecular formula is C15H31NO4Si. The number of likely N-dealkylation sites (tertiary alicyclic amines) is 1. The minimum absolute atomic E-state index is 0.00526. The average Bonchev–Trinajstić information content (AvgIpc) is 2.71. The molecule has 124 valence electrons. The van der Waals surface area contributed by atoms with Crippen LogP contribution in [0.5, 0.6) is 0 Å². The summed E-state index contributed by atoms with van der Waals surface area (Å²) in [7, 11) is -2.99. The van der Waals surface area contributed by atoms with Gasteiger partial charge in [0.1, 0.15) is 0 Å². The monoisotopic (exact) mass is 317 g/mol. The first-order valence-electron chi connectivity index (χ1n) is 8.01. The van der Waals surface area contributed by atoms with Gasteiger partial charge in [0.25, 0.3) is 0 Å². The zero-order valence-electron chi connectivity index (χ0n) is 14.5. The van der Waals surface area contributed by atoms with E-state index < -0.39 is 8.80 Å². The summed E-state index contributed by atoms with van der Waals surface area (Å²) in [6.07, 6.45) is 1.50. The summed E-state index contributed by atoms with van der Waals surface area (Å²) in [5.41, 5.74) is -0.153. The lowest BCUT2D eigenvalue weighted by atomic mass is 10.4. The highest BCUT2D eigenvalue weighted by atomic mass is 28.4. The summed E-state index contributed by atoms with van der Waals surface area (Å²) >= 11 is 0. The van der Waals surface area contributed by atoms with Crippen molar-refractivity contribution in [3.63, 3.8) is 0 Å². The lowest BCUT2D eigenvalue weighted by molar-refractivity contribution is -0.130. The SMILES string of the molecule is CC(C)O[Si](OC(C)C)(OC(C)C)C(C)N1CCCC1=O. The fourth-order valence-corrected chi connectivity index (χ4v) is 6.02. The fraction of sp³-hybridized carbons (Fsp3) is 0.933. The van der Waals surface area contributed by atoms with Gasteiger partial charge in [-0.15, -0.1) is 0 Å². The summed E-state index contributed by atoms with van der Waals surface area (Å²) < 4.78 is 18.5. The van der Waals surface area contributed by atoms with Crippen molar-refractivity contribution in [3.05, 3.63) is 0 Å². The normalized spacial score (nSPS) is 18.4. The fourth-order valence-electron chi connectivity index (χ4n) is 2.63. The highest BCUT2D eigenvalue weighted by Gasteiger charge is 2.54. The van der Waals surface area contributed by atoms with E-state index in [4.69, 9.17) is 13.3 Å². The molecule has 0 bridgehead atoms. The van der Waals surface area contributed by atoms with E-state index in [1.165, 1.54) is 0 Å². The summed E-state index contributed by atoms with van der Waals surface area (Å²) in [5.74, 6) is 0.173. The number of rotatable bonds is 8. The van der Waals surface area contributed by atoms with Crippen LogP contribution in [0.4, 0.5) is 0 Å². The molecule has 1 aliphatic heterocycles. The number of carbonyl (C=O) groups is 1. The van der Waals surface area contributed by atoms with E-state index in [1.54, 1.807) is 0 Å². The van der Waals surface area contributed by atoms with Gasteiger partial charge in [0, 0.05) is 31.3 Å². The maximum absolute atomic E-state index is 12.1. The summed E-state index contributed by atoms with van der Waals surface area (Å²) in [4.78, 5) is 14.0. The van der Waals surface area contributed by atoms with E-state index in [9.17, 15) is 4.79 Å². The Kier molecular flexibility index (Phi) is 6.84. The number of carbonyl (C=O) groups excluding carboxylic acids is 1. The first kappa shape index (κ1) is 18.6. The molecule has 0 aromatic carbocycles. The lowest BCUT2D eigenvalue weighted by Gasteiger charge is -2.41. The van der Waals surface area contributed by atoms with Crippen molar-refractivity contribution in [1.29, 1.82) is 0 Å². The molecule has 0 radical (unpaired) electrons. The minimum Gasteiger partial charge on any atom is -0.370 e. The molecule has 0 saturated carbocycles. The topological polar surface area (TPSA) is 48.0 Å². The largest absolute Gasteiger partial charge is 0.525 e. The predicted octanol–water partition coefficient (Wildman–Crippen LogP) is 2.75. The average molecular weight is 318 g/mol. The van der Waals surface area contributed by atoms with Crippen molar-refractivity contribution >= 4 is 14.7 Å². The van der Waals surface area contributed by atoms with Crippen molar-refractivity contribution in [3.8, 4) is 0 Å². The number of amides is 1. The molecule has 1 heterocycles. The van der Waals surface area contributed by atoms with Gasteiger partial charge in [-0.1, -0.05) is 0 Å². The van der Waals surface area contributed by atoms with E-state index in [1.807, 2.05) is 53.4 Å². The molecule has 5 nitrogen and oxygen atoms in total. The van der Waals surface area contributed by atoms with Gasteiger partial charge in [0.15, 0.2) is 0 Å². The van der Waals surface area contributed by atoms with Gasteiger partial charge in [-0.3, -0.25) is 4.79 Å². The molecule has 0 aromatic rings. The summed E-state index contributed by atoms with van der Waals surface area (Å²) in [5, 5.41) is 0. The van der Waals surface area contributed by atoms with Gasteiger partial charge in [-0.2, -0.15) is 0 Å². The Morgan fingerprint density at radius 2 is 1.33 bits per heavy atom. The van der Waals surface area contributed by atoms with Gasteiger partial charge in [-0.05, 0) is 54.9 Å². The van der Waals surface area contributed by atoms with Gasteiger partial charge in [0.2, 0.25) is 5.91 Å².